The molecule has 2 aromatic heterocycles. The van der Waals surface area contributed by atoms with Crippen molar-refractivity contribution in [3.05, 3.63) is 65.7 Å². The second-order valence-corrected chi connectivity index (χ2v) is 5.02. The Morgan fingerprint density at radius 2 is 2.00 bits per heavy atom. The van der Waals surface area contributed by atoms with Crippen LogP contribution in [0, 0.1) is 6.92 Å². The third-order valence-corrected chi connectivity index (χ3v) is 3.43. The topological polar surface area (TPSA) is 55.1 Å². The van der Waals surface area contributed by atoms with Gasteiger partial charge < -0.3 is 9.73 Å². The van der Waals surface area contributed by atoms with Gasteiger partial charge >= 0.3 is 0 Å². The summed E-state index contributed by atoms with van der Waals surface area (Å²) in [5.41, 5.74) is 1.43. The highest BCUT2D eigenvalue weighted by atomic mass is 16.3. The van der Waals surface area contributed by atoms with E-state index in [1.165, 1.54) is 0 Å². The summed E-state index contributed by atoms with van der Waals surface area (Å²) in [4.78, 5) is 16.7. The molecule has 4 nitrogen and oxygen atoms in total. The Bertz CT molecular complexity index is 787. The first-order valence-corrected chi connectivity index (χ1v) is 6.86. The van der Waals surface area contributed by atoms with E-state index < -0.39 is 0 Å². The zero-order chi connectivity index (χ0) is 14.8. The van der Waals surface area contributed by atoms with Gasteiger partial charge in [-0.1, -0.05) is 18.2 Å². The van der Waals surface area contributed by atoms with Crippen molar-refractivity contribution in [1.82, 2.24) is 10.3 Å². The quantitative estimate of drug-likeness (QED) is 0.797. The van der Waals surface area contributed by atoms with E-state index >= 15 is 0 Å². The Balaban J connectivity index is 1.87. The highest BCUT2D eigenvalue weighted by molar-refractivity contribution is 6.06. The van der Waals surface area contributed by atoms with Crippen molar-refractivity contribution in [2.75, 3.05) is 0 Å². The molecule has 0 bridgehead atoms. The lowest BCUT2D eigenvalue weighted by molar-refractivity contribution is 0.0936. The second-order valence-electron chi connectivity index (χ2n) is 5.02. The number of furan rings is 1. The number of benzene rings is 1. The molecule has 1 aromatic carbocycles. The number of nitrogens with one attached hydrogen (secondary N) is 1. The molecular formula is C17H16N2O2. The van der Waals surface area contributed by atoms with E-state index in [0.717, 1.165) is 22.4 Å². The van der Waals surface area contributed by atoms with Crippen molar-refractivity contribution in [3.8, 4) is 0 Å². The number of aromatic nitrogens is 1. The molecule has 21 heavy (non-hydrogen) atoms. The molecule has 0 spiro atoms. The molecule has 0 aliphatic heterocycles. The van der Waals surface area contributed by atoms with E-state index in [2.05, 4.69) is 10.3 Å². The predicted octanol–water partition coefficient (Wildman–Crippen LogP) is 3.63. The molecule has 0 radical (unpaired) electrons. The van der Waals surface area contributed by atoms with Crippen LogP contribution in [0.15, 0.2) is 53.1 Å². The summed E-state index contributed by atoms with van der Waals surface area (Å²) in [5.74, 6) is 1.45. The van der Waals surface area contributed by atoms with Crippen LogP contribution >= 0.6 is 0 Å². The molecule has 3 aromatic rings. The summed E-state index contributed by atoms with van der Waals surface area (Å²) < 4.78 is 5.54. The standard InChI is InChI=1S/C17H16N2O2/c1-11-7-8-16(21-11)12(2)19-17(20)14-9-10-18-15-6-4-3-5-13(14)15/h3-10,12H,1-2H3,(H,19,20). The van der Waals surface area contributed by atoms with E-state index in [1.807, 2.05) is 50.2 Å². The predicted molar refractivity (Wildman–Crippen MR) is 81.1 cm³/mol. The zero-order valence-electron chi connectivity index (χ0n) is 12.0. The summed E-state index contributed by atoms with van der Waals surface area (Å²) in [6.45, 7) is 3.79. The van der Waals surface area contributed by atoms with Gasteiger partial charge in [-0.25, -0.2) is 0 Å². The van der Waals surface area contributed by atoms with Crippen LogP contribution in [0.2, 0.25) is 0 Å². The molecule has 0 saturated heterocycles. The summed E-state index contributed by atoms with van der Waals surface area (Å²) >= 11 is 0. The van der Waals surface area contributed by atoms with Crippen molar-refractivity contribution in [2.24, 2.45) is 0 Å². The molecule has 0 aliphatic rings. The smallest absolute Gasteiger partial charge is 0.252 e. The van der Waals surface area contributed by atoms with Crippen LogP contribution in [0.1, 0.15) is 34.8 Å². The first-order chi connectivity index (χ1) is 10.1. The number of aryl methyl sites for hydroxylation is 1. The third kappa shape index (κ3) is 2.65. The van der Waals surface area contributed by atoms with Gasteiger partial charge in [0.1, 0.15) is 11.5 Å². The zero-order valence-corrected chi connectivity index (χ0v) is 12.0. The summed E-state index contributed by atoms with van der Waals surface area (Å²) in [5, 5.41) is 3.80. The van der Waals surface area contributed by atoms with E-state index in [4.69, 9.17) is 4.42 Å². The molecule has 0 aliphatic carbocycles. The van der Waals surface area contributed by atoms with Crippen molar-refractivity contribution in [3.63, 3.8) is 0 Å². The van der Waals surface area contributed by atoms with E-state index in [0.29, 0.717) is 5.56 Å². The Kier molecular flexibility index (Phi) is 3.44. The summed E-state index contributed by atoms with van der Waals surface area (Å²) in [6.07, 6.45) is 1.65. The third-order valence-electron chi connectivity index (χ3n) is 3.43. The SMILES string of the molecule is Cc1ccc(C(C)NC(=O)c2ccnc3ccccc23)o1. The number of rotatable bonds is 3. The largest absolute Gasteiger partial charge is 0.464 e. The fourth-order valence-electron chi connectivity index (χ4n) is 2.33. The van der Waals surface area contributed by atoms with Crippen molar-refractivity contribution < 1.29 is 9.21 Å². The number of hydrogen-bond donors (Lipinski definition) is 1. The molecule has 2 heterocycles. The molecule has 3 rings (SSSR count). The Hall–Kier alpha value is -2.62. The number of hydrogen-bond acceptors (Lipinski definition) is 3. The lowest BCUT2D eigenvalue weighted by Gasteiger charge is -2.12. The van der Waals surface area contributed by atoms with Gasteiger partial charge in [0.15, 0.2) is 0 Å². The lowest BCUT2D eigenvalue weighted by Crippen LogP contribution is -2.26. The average Bonchev–Trinajstić information content (AvgIpc) is 2.93. The normalized spacial score (nSPS) is 12.3. The van der Waals surface area contributed by atoms with Crippen LogP contribution in [-0.2, 0) is 0 Å². The fourth-order valence-corrected chi connectivity index (χ4v) is 2.33. The minimum absolute atomic E-state index is 0.129. The highest BCUT2D eigenvalue weighted by Gasteiger charge is 2.16. The molecule has 1 amide bonds. The number of nitrogens with zero attached hydrogens (tertiary/aromatic N) is 1. The van der Waals surface area contributed by atoms with Gasteiger partial charge in [0.2, 0.25) is 0 Å². The Labute approximate surface area is 122 Å². The molecule has 0 fully saturated rings. The van der Waals surface area contributed by atoms with E-state index in [-0.39, 0.29) is 11.9 Å². The van der Waals surface area contributed by atoms with Gasteiger partial charge in [0.05, 0.1) is 17.1 Å². The average molecular weight is 280 g/mol. The number of para-hydroxylation sites is 1. The van der Waals surface area contributed by atoms with Crippen molar-refractivity contribution in [2.45, 2.75) is 19.9 Å². The van der Waals surface area contributed by atoms with Gasteiger partial charge in [-0.05, 0) is 38.1 Å². The van der Waals surface area contributed by atoms with Crippen LogP contribution < -0.4 is 5.32 Å². The summed E-state index contributed by atoms with van der Waals surface area (Å²) in [7, 11) is 0. The van der Waals surface area contributed by atoms with Crippen LogP contribution in [0.25, 0.3) is 10.9 Å². The minimum atomic E-state index is -0.182. The van der Waals surface area contributed by atoms with Crippen LogP contribution in [-0.4, -0.2) is 10.9 Å². The fraction of sp³-hybridized carbons (Fsp3) is 0.176. The number of carbonyl (C=O) groups excluding carboxylic acids is 1. The van der Waals surface area contributed by atoms with E-state index in [1.54, 1.807) is 12.3 Å². The van der Waals surface area contributed by atoms with Gasteiger partial charge in [-0.15, -0.1) is 0 Å². The maximum absolute atomic E-state index is 12.5. The number of pyridine rings is 1. The van der Waals surface area contributed by atoms with Gasteiger partial charge in [-0.2, -0.15) is 0 Å². The molecule has 0 saturated carbocycles. The monoisotopic (exact) mass is 280 g/mol. The number of fused-ring (bicyclic) bond motifs is 1. The molecule has 4 heteroatoms. The van der Waals surface area contributed by atoms with Gasteiger partial charge in [0.25, 0.3) is 5.91 Å². The van der Waals surface area contributed by atoms with Crippen LogP contribution in [0.3, 0.4) is 0 Å². The summed E-state index contributed by atoms with van der Waals surface area (Å²) in [6, 6.07) is 12.9. The second kappa shape index (κ2) is 5.40. The maximum Gasteiger partial charge on any atom is 0.252 e. The van der Waals surface area contributed by atoms with Gasteiger partial charge in [-0.3, -0.25) is 9.78 Å². The van der Waals surface area contributed by atoms with Crippen molar-refractivity contribution in [1.29, 1.82) is 0 Å². The Morgan fingerprint density at radius 3 is 2.76 bits per heavy atom. The Morgan fingerprint density at radius 1 is 1.19 bits per heavy atom. The first kappa shape index (κ1) is 13.4. The van der Waals surface area contributed by atoms with Crippen LogP contribution in [0.5, 0.6) is 0 Å². The van der Waals surface area contributed by atoms with Crippen molar-refractivity contribution >= 4 is 16.8 Å². The molecule has 1 atom stereocenters. The maximum atomic E-state index is 12.5. The minimum Gasteiger partial charge on any atom is -0.464 e. The molecular weight excluding hydrogens is 264 g/mol. The first-order valence-electron chi connectivity index (χ1n) is 6.86. The highest BCUT2D eigenvalue weighted by Crippen LogP contribution is 2.19. The number of carbonyl (C=O) groups is 1. The number of amides is 1. The molecule has 1 N–H and O–H groups in total. The molecule has 1 unspecified atom stereocenters. The van der Waals surface area contributed by atoms with Crippen LogP contribution in [0.4, 0.5) is 0 Å². The van der Waals surface area contributed by atoms with E-state index in [9.17, 15) is 4.79 Å². The molecule has 106 valence electrons. The van der Waals surface area contributed by atoms with Gasteiger partial charge in [0, 0.05) is 11.6 Å². The lowest BCUT2D eigenvalue weighted by atomic mass is 10.1.